The normalized spacial score (nSPS) is 10.2. The van der Waals surface area contributed by atoms with Gasteiger partial charge in [0.1, 0.15) is 11.6 Å². The Labute approximate surface area is 105 Å². The predicted octanol–water partition coefficient (Wildman–Crippen LogP) is 1.41. The van der Waals surface area contributed by atoms with Crippen LogP contribution in [0.5, 0.6) is 0 Å². The summed E-state index contributed by atoms with van der Waals surface area (Å²) >= 11 is 0. The molecule has 1 aromatic heterocycles. The van der Waals surface area contributed by atoms with Crippen LogP contribution in [0.15, 0.2) is 18.2 Å². The van der Waals surface area contributed by atoms with E-state index in [0.717, 1.165) is 18.2 Å². The highest BCUT2D eigenvalue weighted by molar-refractivity contribution is 6.03. The number of aromatic amines is 1. The van der Waals surface area contributed by atoms with Gasteiger partial charge >= 0.3 is 0 Å². The molecule has 0 bridgehead atoms. The summed E-state index contributed by atoms with van der Waals surface area (Å²) in [6.07, 6.45) is 0. The van der Waals surface area contributed by atoms with E-state index in [9.17, 15) is 19.3 Å². The molecule has 1 aromatic carbocycles. The van der Waals surface area contributed by atoms with Gasteiger partial charge in [-0.3, -0.25) is 25.3 Å². The van der Waals surface area contributed by atoms with E-state index in [0.29, 0.717) is 5.82 Å². The standard InChI is InChI=1S/C10H8FN5O3/c1-5-12-10(15-14-5)13-9(17)7-4-6(16(18)19)2-3-8(7)11/h2-4H,1H3,(H2,12,13,14,15,17). The Balaban J connectivity index is 2.27. The van der Waals surface area contributed by atoms with Gasteiger partial charge in [0.05, 0.1) is 10.5 Å². The number of nitro groups is 1. The van der Waals surface area contributed by atoms with Crippen molar-refractivity contribution in [2.75, 3.05) is 5.32 Å². The molecule has 0 saturated carbocycles. The Kier molecular flexibility index (Phi) is 3.19. The first-order valence-corrected chi connectivity index (χ1v) is 5.11. The minimum Gasteiger partial charge on any atom is -0.289 e. The molecule has 0 saturated heterocycles. The summed E-state index contributed by atoms with van der Waals surface area (Å²) < 4.78 is 13.5. The van der Waals surface area contributed by atoms with Gasteiger partial charge in [0.25, 0.3) is 11.6 Å². The second kappa shape index (κ2) is 4.80. The molecule has 0 unspecified atom stereocenters. The van der Waals surface area contributed by atoms with Gasteiger partial charge in [-0.2, -0.15) is 4.98 Å². The van der Waals surface area contributed by atoms with Gasteiger partial charge in [-0.15, -0.1) is 5.10 Å². The number of nitrogens with one attached hydrogen (secondary N) is 2. The molecule has 0 aliphatic heterocycles. The van der Waals surface area contributed by atoms with Crippen molar-refractivity contribution in [3.63, 3.8) is 0 Å². The molecular formula is C10H8FN5O3. The van der Waals surface area contributed by atoms with Crippen molar-refractivity contribution in [3.8, 4) is 0 Å². The minimum atomic E-state index is -0.865. The number of aromatic nitrogens is 3. The molecule has 0 spiro atoms. The average Bonchev–Trinajstić information content (AvgIpc) is 2.74. The summed E-state index contributed by atoms with van der Waals surface area (Å²) in [5.41, 5.74) is -0.825. The van der Waals surface area contributed by atoms with Gasteiger partial charge in [0, 0.05) is 12.1 Å². The molecule has 0 atom stereocenters. The number of carbonyl (C=O) groups excluding carboxylic acids is 1. The molecule has 19 heavy (non-hydrogen) atoms. The Bertz CT molecular complexity index is 654. The SMILES string of the molecule is Cc1nc(NC(=O)c2cc([N+](=O)[O-])ccc2F)n[nH]1. The summed E-state index contributed by atoms with van der Waals surface area (Å²) in [6.45, 7) is 1.62. The fourth-order valence-corrected chi connectivity index (χ4v) is 1.37. The van der Waals surface area contributed by atoms with Crippen LogP contribution < -0.4 is 5.32 Å². The van der Waals surface area contributed by atoms with E-state index in [1.54, 1.807) is 6.92 Å². The van der Waals surface area contributed by atoms with E-state index in [1.165, 1.54) is 0 Å². The number of non-ortho nitro benzene ring substituents is 1. The third kappa shape index (κ3) is 2.70. The maximum absolute atomic E-state index is 13.5. The van der Waals surface area contributed by atoms with Crippen LogP contribution >= 0.6 is 0 Å². The van der Waals surface area contributed by atoms with Gasteiger partial charge in [-0.25, -0.2) is 4.39 Å². The molecule has 1 amide bonds. The highest BCUT2D eigenvalue weighted by Crippen LogP contribution is 2.17. The van der Waals surface area contributed by atoms with Gasteiger partial charge < -0.3 is 0 Å². The van der Waals surface area contributed by atoms with Crippen molar-refractivity contribution < 1.29 is 14.1 Å². The Morgan fingerprint density at radius 3 is 2.84 bits per heavy atom. The number of nitrogens with zero attached hydrogens (tertiary/aromatic N) is 3. The smallest absolute Gasteiger partial charge is 0.270 e. The summed E-state index contributed by atoms with van der Waals surface area (Å²) in [7, 11) is 0. The van der Waals surface area contributed by atoms with E-state index < -0.39 is 22.2 Å². The first-order chi connectivity index (χ1) is 8.97. The molecule has 0 aliphatic carbocycles. The lowest BCUT2D eigenvalue weighted by molar-refractivity contribution is -0.384. The first kappa shape index (κ1) is 12.6. The quantitative estimate of drug-likeness (QED) is 0.643. The van der Waals surface area contributed by atoms with Crippen LogP contribution in [0.25, 0.3) is 0 Å². The van der Waals surface area contributed by atoms with Crippen molar-refractivity contribution in [2.24, 2.45) is 0 Å². The zero-order chi connectivity index (χ0) is 14.0. The minimum absolute atomic E-state index is 0.0339. The molecule has 0 aliphatic rings. The maximum Gasteiger partial charge on any atom is 0.270 e. The lowest BCUT2D eigenvalue weighted by Crippen LogP contribution is -2.15. The first-order valence-electron chi connectivity index (χ1n) is 5.11. The highest BCUT2D eigenvalue weighted by atomic mass is 19.1. The number of amides is 1. The molecule has 2 aromatic rings. The van der Waals surface area contributed by atoms with E-state index in [-0.39, 0.29) is 11.6 Å². The molecule has 98 valence electrons. The second-order valence-corrected chi connectivity index (χ2v) is 3.62. The van der Waals surface area contributed by atoms with Crippen molar-refractivity contribution in [1.82, 2.24) is 15.2 Å². The van der Waals surface area contributed by atoms with Crippen LogP contribution in [0, 0.1) is 22.9 Å². The topological polar surface area (TPSA) is 114 Å². The van der Waals surface area contributed by atoms with Gasteiger partial charge in [0.15, 0.2) is 0 Å². The van der Waals surface area contributed by atoms with E-state index in [2.05, 4.69) is 20.5 Å². The number of halogens is 1. The van der Waals surface area contributed by atoms with Crippen LogP contribution in [-0.2, 0) is 0 Å². The average molecular weight is 265 g/mol. The van der Waals surface area contributed by atoms with Crippen LogP contribution in [0.2, 0.25) is 0 Å². The Morgan fingerprint density at radius 1 is 1.53 bits per heavy atom. The zero-order valence-electron chi connectivity index (χ0n) is 9.68. The lowest BCUT2D eigenvalue weighted by atomic mass is 10.2. The van der Waals surface area contributed by atoms with Crippen LogP contribution in [0.1, 0.15) is 16.2 Å². The number of H-pyrrole nitrogens is 1. The zero-order valence-corrected chi connectivity index (χ0v) is 9.68. The summed E-state index contributed by atoms with van der Waals surface area (Å²) in [6, 6.07) is 2.68. The van der Waals surface area contributed by atoms with Crippen molar-refractivity contribution in [1.29, 1.82) is 0 Å². The number of hydrogen-bond donors (Lipinski definition) is 2. The number of nitro benzene ring substituents is 1. The van der Waals surface area contributed by atoms with Crippen LogP contribution in [0.3, 0.4) is 0 Å². The fraction of sp³-hybridized carbons (Fsp3) is 0.100. The molecule has 0 radical (unpaired) electrons. The monoisotopic (exact) mass is 265 g/mol. The predicted molar refractivity (Wildman–Crippen MR) is 62.1 cm³/mol. The number of anilines is 1. The van der Waals surface area contributed by atoms with Crippen molar-refractivity contribution in [3.05, 3.63) is 45.5 Å². The molecule has 2 N–H and O–H groups in total. The van der Waals surface area contributed by atoms with Gasteiger partial charge in [-0.05, 0) is 13.0 Å². The van der Waals surface area contributed by atoms with Crippen molar-refractivity contribution >= 4 is 17.5 Å². The van der Waals surface area contributed by atoms with E-state index in [4.69, 9.17) is 0 Å². The number of rotatable bonds is 3. The van der Waals surface area contributed by atoms with Gasteiger partial charge in [-0.1, -0.05) is 0 Å². The summed E-state index contributed by atoms with van der Waals surface area (Å²) in [5.74, 6) is -1.29. The van der Waals surface area contributed by atoms with E-state index in [1.807, 2.05) is 0 Å². The van der Waals surface area contributed by atoms with Crippen LogP contribution in [-0.4, -0.2) is 26.0 Å². The maximum atomic E-state index is 13.5. The van der Waals surface area contributed by atoms with E-state index >= 15 is 0 Å². The number of carbonyl (C=O) groups is 1. The molecule has 2 rings (SSSR count). The third-order valence-electron chi connectivity index (χ3n) is 2.23. The fourth-order valence-electron chi connectivity index (χ4n) is 1.37. The number of hydrogen-bond acceptors (Lipinski definition) is 5. The largest absolute Gasteiger partial charge is 0.289 e. The summed E-state index contributed by atoms with van der Waals surface area (Å²) in [4.78, 5) is 25.4. The van der Waals surface area contributed by atoms with Crippen LogP contribution in [0.4, 0.5) is 16.0 Å². The molecule has 8 nitrogen and oxygen atoms in total. The molecule has 9 heteroatoms. The lowest BCUT2D eigenvalue weighted by Gasteiger charge is -2.02. The number of benzene rings is 1. The van der Waals surface area contributed by atoms with Crippen molar-refractivity contribution in [2.45, 2.75) is 6.92 Å². The van der Waals surface area contributed by atoms with Gasteiger partial charge in [0.2, 0.25) is 5.95 Å². The molecule has 0 fully saturated rings. The molecular weight excluding hydrogens is 257 g/mol. The second-order valence-electron chi connectivity index (χ2n) is 3.62. The molecule has 1 heterocycles. The summed E-state index contributed by atoms with van der Waals surface area (Å²) in [5, 5.41) is 18.9. The third-order valence-corrected chi connectivity index (χ3v) is 2.23. The Morgan fingerprint density at radius 2 is 2.26 bits per heavy atom. The Hall–Kier alpha value is -2.84. The number of aryl methyl sites for hydroxylation is 1. The highest BCUT2D eigenvalue weighted by Gasteiger charge is 2.18.